The molecular formula is C14H19ClIN3O3. The van der Waals surface area contributed by atoms with Crippen molar-refractivity contribution in [3.63, 3.8) is 0 Å². The van der Waals surface area contributed by atoms with E-state index in [1.807, 2.05) is 36.3 Å². The van der Waals surface area contributed by atoms with Gasteiger partial charge < -0.3 is 15.1 Å². The third kappa shape index (κ3) is 5.29. The van der Waals surface area contributed by atoms with Gasteiger partial charge in [0, 0.05) is 24.0 Å². The molecule has 22 heavy (non-hydrogen) atoms. The van der Waals surface area contributed by atoms with Crippen molar-refractivity contribution in [2.24, 2.45) is 0 Å². The average molecular weight is 440 g/mol. The maximum absolute atomic E-state index is 10.0. The van der Waals surface area contributed by atoms with E-state index < -0.39 is 5.09 Å². The van der Waals surface area contributed by atoms with Crippen LogP contribution in [0.15, 0.2) is 30.5 Å². The van der Waals surface area contributed by atoms with E-state index in [0.29, 0.717) is 11.4 Å². The lowest BCUT2D eigenvalue weighted by Gasteiger charge is -2.28. The van der Waals surface area contributed by atoms with Gasteiger partial charge in [0.05, 0.1) is 12.6 Å². The van der Waals surface area contributed by atoms with Gasteiger partial charge in [0.1, 0.15) is 0 Å². The predicted octanol–water partition coefficient (Wildman–Crippen LogP) is 3.54. The molecule has 1 N–H and O–H groups in total. The first-order valence-corrected chi connectivity index (χ1v) is 7.17. The molecule has 0 fully saturated rings. The van der Waals surface area contributed by atoms with Crippen LogP contribution in [-0.2, 0) is 4.84 Å². The van der Waals surface area contributed by atoms with E-state index in [9.17, 15) is 10.1 Å². The quantitative estimate of drug-likeness (QED) is 0.305. The maximum atomic E-state index is 10.0. The summed E-state index contributed by atoms with van der Waals surface area (Å²) < 4.78 is 0. The Morgan fingerprint density at radius 1 is 1.45 bits per heavy atom. The molecule has 1 aliphatic heterocycles. The average Bonchev–Trinajstić information content (AvgIpc) is 2.45. The molecule has 0 saturated heterocycles. The Morgan fingerprint density at radius 2 is 2.23 bits per heavy atom. The Labute approximate surface area is 151 Å². The van der Waals surface area contributed by atoms with Crippen molar-refractivity contribution in [2.45, 2.75) is 18.9 Å². The van der Waals surface area contributed by atoms with Crippen LogP contribution in [0, 0.1) is 10.1 Å². The number of fused-ring (bicyclic) bond motifs is 1. The molecule has 0 radical (unpaired) electrons. The number of unbranched alkanes of at least 4 members (excludes halogenated alkanes) is 1. The molecular weight excluding hydrogens is 421 g/mol. The molecule has 0 aromatic heterocycles. The van der Waals surface area contributed by atoms with Crippen LogP contribution >= 0.6 is 35.6 Å². The van der Waals surface area contributed by atoms with Gasteiger partial charge in [-0.25, -0.2) is 0 Å². The van der Waals surface area contributed by atoms with Crippen molar-refractivity contribution >= 4 is 41.3 Å². The van der Waals surface area contributed by atoms with E-state index in [1.54, 1.807) is 0 Å². The lowest BCUT2D eigenvalue weighted by molar-refractivity contribution is -0.757. The Balaban J connectivity index is 0.00000242. The van der Waals surface area contributed by atoms with Crippen LogP contribution in [0.25, 0.3) is 0 Å². The van der Waals surface area contributed by atoms with Crippen LogP contribution in [0.1, 0.15) is 24.4 Å². The van der Waals surface area contributed by atoms with Crippen LogP contribution < -0.4 is 10.2 Å². The zero-order valence-corrected chi connectivity index (χ0v) is 15.3. The summed E-state index contributed by atoms with van der Waals surface area (Å²) in [5, 5.41) is 13.4. The summed E-state index contributed by atoms with van der Waals surface area (Å²) in [6.07, 6.45) is 5.56. The Morgan fingerprint density at radius 3 is 2.95 bits per heavy atom. The van der Waals surface area contributed by atoms with Crippen molar-refractivity contribution in [1.29, 1.82) is 0 Å². The van der Waals surface area contributed by atoms with Crippen molar-refractivity contribution in [3.8, 4) is 0 Å². The number of nitrogens with one attached hydrogen (secondary N) is 1. The van der Waals surface area contributed by atoms with Crippen LogP contribution in [0.2, 0.25) is 5.02 Å². The fourth-order valence-electron chi connectivity index (χ4n) is 2.29. The molecule has 122 valence electrons. The number of hydrogen-bond acceptors (Lipinski definition) is 5. The highest BCUT2D eigenvalue weighted by molar-refractivity contribution is 14.0. The van der Waals surface area contributed by atoms with Gasteiger partial charge in [-0.15, -0.1) is 34.1 Å². The summed E-state index contributed by atoms with van der Waals surface area (Å²) in [5.74, 6) is 0. The Hall–Kier alpha value is -1.06. The molecule has 0 bridgehead atoms. The van der Waals surface area contributed by atoms with E-state index >= 15 is 0 Å². The van der Waals surface area contributed by atoms with E-state index in [0.717, 1.165) is 18.7 Å². The second-order valence-electron chi connectivity index (χ2n) is 4.85. The van der Waals surface area contributed by atoms with Gasteiger partial charge >= 0.3 is 0 Å². The monoisotopic (exact) mass is 439 g/mol. The first-order chi connectivity index (χ1) is 10.1. The van der Waals surface area contributed by atoms with Gasteiger partial charge in [0.15, 0.2) is 0 Å². The van der Waals surface area contributed by atoms with Crippen molar-refractivity contribution < 1.29 is 9.92 Å². The highest BCUT2D eigenvalue weighted by atomic mass is 127. The first-order valence-electron chi connectivity index (χ1n) is 6.79. The zero-order valence-electron chi connectivity index (χ0n) is 12.2. The fourth-order valence-corrected chi connectivity index (χ4v) is 2.45. The van der Waals surface area contributed by atoms with Gasteiger partial charge in [-0.05, 0) is 43.2 Å². The van der Waals surface area contributed by atoms with Crippen LogP contribution in [0.5, 0.6) is 0 Å². The van der Waals surface area contributed by atoms with E-state index in [1.165, 1.54) is 5.56 Å². The molecule has 8 heteroatoms. The molecule has 6 nitrogen and oxygen atoms in total. The Kier molecular flexibility index (Phi) is 7.91. The van der Waals surface area contributed by atoms with Gasteiger partial charge in [-0.1, -0.05) is 17.7 Å². The normalized spacial score (nSPS) is 15.9. The molecule has 0 spiro atoms. The van der Waals surface area contributed by atoms with E-state index in [2.05, 4.69) is 16.2 Å². The number of rotatable bonds is 7. The maximum Gasteiger partial charge on any atom is 0.294 e. The van der Waals surface area contributed by atoms with Gasteiger partial charge in [-0.3, -0.25) is 0 Å². The summed E-state index contributed by atoms with van der Waals surface area (Å²) in [4.78, 5) is 16.3. The van der Waals surface area contributed by atoms with Crippen molar-refractivity contribution in [1.82, 2.24) is 5.32 Å². The second kappa shape index (κ2) is 9.16. The van der Waals surface area contributed by atoms with E-state index in [4.69, 9.17) is 11.6 Å². The molecule has 1 heterocycles. The smallest absolute Gasteiger partial charge is 0.294 e. The van der Waals surface area contributed by atoms with Crippen molar-refractivity contribution in [3.05, 3.63) is 51.2 Å². The topological polar surface area (TPSA) is 67.6 Å². The molecule has 0 amide bonds. The summed E-state index contributed by atoms with van der Waals surface area (Å²) in [6.45, 7) is 0.909. The molecule has 0 saturated carbocycles. The SMILES string of the molecule is CN1C=CC(NCCCCO[N+](=O)[O-])c2ccc(Cl)cc21.I. The largest absolute Gasteiger partial charge is 0.351 e. The summed E-state index contributed by atoms with van der Waals surface area (Å²) >= 11 is 6.04. The number of halogens is 2. The summed E-state index contributed by atoms with van der Waals surface area (Å²) in [5.41, 5.74) is 2.25. The highest BCUT2D eigenvalue weighted by Gasteiger charge is 2.18. The fraction of sp³-hybridized carbons (Fsp3) is 0.429. The highest BCUT2D eigenvalue weighted by Crippen LogP contribution is 2.33. The molecule has 2 rings (SSSR count). The number of hydrogen-bond donors (Lipinski definition) is 1. The van der Waals surface area contributed by atoms with Crippen molar-refractivity contribution in [2.75, 3.05) is 25.1 Å². The number of anilines is 1. The molecule has 1 aromatic carbocycles. The van der Waals surface area contributed by atoms with E-state index in [-0.39, 0.29) is 36.6 Å². The standard InChI is InChI=1S/C14H18ClN3O3.HI/c1-17-8-6-13(12-5-4-11(15)10-14(12)17)16-7-2-3-9-21-18(19)20;/h4-6,8,10,13,16H,2-3,7,9H2,1H3;1H. The van der Waals surface area contributed by atoms with Crippen LogP contribution in [-0.4, -0.2) is 25.3 Å². The minimum absolute atomic E-state index is 0. The third-order valence-electron chi connectivity index (χ3n) is 3.34. The number of nitrogens with zero attached hydrogens (tertiary/aromatic N) is 2. The molecule has 1 atom stereocenters. The first kappa shape index (κ1) is 19.0. The Bertz CT molecular complexity index is 542. The van der Waals surface area contributed by atoms with Gasteiger partial charge in [0.2, 0.25) is 0 Å². The predicted molar refractivity (Wildman–Crippen MR) is 97.3 cm³/mol. The molecule has 0 aliphatic carbocycles. The summed E-state index contributed by atoms with van der Waals surface area (Å²) in [7, 11) is 1.98. The second-order valence-corrected chi connectivity index (χ2v) is 5.29. The minimum atomic E-state index is -0.757. The van der Waals surface area contributed by atoms with Gasteiger partial charge in [0.25, 0.3) is 5.09 Å². The number of benzene rings is 1. The lowest BCUT2D eigenvalue weighted by atomic mass is 10.0. The molecule has 1 aliphatic rings. The zero-order chi connectivity index (χ0) is 15.2. The van der Waals surface area contributed by atoms with Crippen LogP contribution in [0.4, 0.5) is 5.69 Å². The minimum Gasteiger partial charge on any atom is -0.351 e. The van der Waals surface area contributed by atoms with Gasteiger partial charge in [-0.2, -0.15) is 0 Å². The molecule has 1 aromatic rings. The third-order valence-corrected chi connectivity index (χ3v) is 3.58. The molecule has 1 unspecified atom stereocenters. The van der Waals surface area contributed by atoms with Crippen LogP contribution in [0.3, 0.4) is 0 Å². The lowest BCUT2D eigenvalue weighted by Crippen LogP contribution is -2.27. The summed E-state index contributed by atoms with van der Waals surface area (Å²) in [6, 6.07) is 5.97.